The number of aliphatic carboxylic acids is 1. The molecule has 0 amide bonds. The highest BCUT2D eigenvalue weighted by molar-refractivity contribution is 5.81. The lowest BCUT2D eigenvalue weighted by Crippen LogP contribution is -2.52. The van der Waals surface area contributed by atoms with Crippen molar-refractivity contribution in [3.8, 4) is 11.5 Å². The van der Waals surface area contributed by atoms with E-state index >= 15 is 4.39 Å². The number of fused-ring (bicyclic) bond motifs is 1. The summed E-state index contributed by atoms with van der Waals surface area (Å²) in [5.74, 6) is -1.20. The lowest BCUT2D eigenvalue weighted by Gasteiger charge is -2.41. The second-order valence-corrected chi connectivity index (χ2v) is 9.68. The molecule has 0 bridgehead atoms. The molecule has 1 heterocycles. The summed E-state index contributed by atoms with van der Waals surface area (Å²) >= 11 is 0. The van der Waals surface area contributed by atoms with Crippen molar-refractivity contribution in [3.63, 3.8) is 0 Å². The van der Waals surface area contributed by atoms with Crippen LogP contribution >= 0.6 is 0 Å². The van der Waals surface area contributed by atoms with Gasteiger partial charge in [0.25, 0.3) is 0 Å². The molecule has 1 aliphatic carbocycles. The SMILES string of the molecule is C=CC1C=CC=C(c2ccc3c(c2F)OCCO3)C1(C)c1cc(CN[C@@](C)(CO)C(=O)O)ccc1C. The summed E-state index contributed by atoms with van der Waals surface area (Å²) < 4.78 is 27.0. The quantitative estimate of drug-likeness (QED) is 0.468. The number of carboxylic acid groups (broad SMARTS) is 1. The van der Waals surface area contributed by atoms with Crippen LogP contribution in [0.4, 0.5) is 4.39 Å². The molecule has 3 atom stereocenters. The summed E-state index contributed by atoms with van der Waals surface area (Å²) in [5, 5.41) is 22.0. The molecule has 0 aromatic heterocycles. The number of aliphatic hydroxyl groups excluding tert-OH is 1. The summed E-state index contributed by atoms with van der Waals surface area (Å²) in [4.78, 5) is 11.6. The molecule has 2 aromatic carbocycles. The van der Waals surface area contributed by atoms with Crippen LogP contribution in [0.25, 0.3) is 5.57 Å². The standard InChI is InChI=1S/C29H32FNO5/c1-5-20-7-6-8-22(21-11-12-24-26(25(21)30)36-14-13-35-24)29(20,4)23-15-19(10-9-18(23)2)16-31-28(3,17-32)27(33)34/h5-12,15,20,31-32H,1,13-14,16-17H2,2-4H3,(H,33,34)/t20?,28-,29?/m0/s1. The normalized spacial score (nSPS) is 22.5. The van der Waals surface area contributed by atoms with E-state index in [9.17, 15) is 15.0 Å². The Labute approximate surface area is 210 Å². The molecule has 2 unspecified atom stereocenters. The van der Waals surface area contributed by atoms with E-state index in [2.05, 4.69) is 18.8 Å². The van der Waals surface area contributed by atoms with Gasteiger partial charge in [-0.1, -0.05) is 49.4 Å². The zero-order chi connectivity index (χ0) is 26.1. The first-order chi connectivity index (χ1) is 17.2. The maximum absolute atomic E-state index is 15.8. The number of ether oxygens (including phenoxy) is 2. The van der Waals surface area contributed by atoms with Crippen LogP contribution in [0.5, 0.6) is 11.5 Å². The Hall–Kier alpha value is -3.42. The highest BCUT2D eigenvalue weighted by atomic mass is 19.1. The number of carboxylic acids is 1. The molecule has 6 nitrogen and oxygen atoms in total. The van der Waals surface area contributed by atoms with E-state index in [-0.39, 0.29) is 24.8 Å². The Morgan fingerprint density at radius 1 is 1.31 bits per heavy atom. The number of allylic oxidation sites excluding steroid dienone is 5. The van der Waals surface area contributed by atoms with Gasteiger partial charge < -0.3 is 19.7 Å². The largest absolute Gasteiger partial charge is 0.486 e. The Morgan fingerprint density at radius 2 is 2.06 bits per heavy atom. The number of nitrogens with one attached hydrogen (secondary N) is 1. The van der Waals surface area contributed by atoms with Crippen LogP contribution in [0, 0.1) is 18.7 Å². The molecule has 4 rings (SSSR count). The van der Waals surface area contributed by atoms with Crippen LogP contribution in [-0.4, -0.2) is 41.5 Å². The van der Waals surface area contributed by atoms with Crippen molar-refractivity contribution in [1.29, 1.82) is 0 Å². The molecule has 1 aliphatic heterocycles. The molecule has 0 fully saturated rings. The van der Waals surface area contributed by atoms with Gasteiger partial charge in [0.2, 0.25) is 0 Å². The molecule has 0 saturated carbocycles. The predicted molar refractivity (Wildman–Crippen MR) is 137 cm³/mol. The van der Waals surface area contributed by atoms with Gasteiger partial charge in [-0.25, -0.2) is 4.39 Å². The summed E-state index contributed by atoms with van der Waals surface area (Å²) in [6.07, 6.45) is 7.74. The zero-order valence-corrected chi connectivity index (χ0v) is 20.8. The fourth-order valence-corrected chi connectivity index (χ4v) is 4.95. The topological polar surface area (TPSA) is 88.0 Å². The summed E-state index contributed by atoms with van der Waals surface area (Å²) in [6.45, 7) is 9.93. The number of aliphatic hydroxyl groups is 1. The molecular formula is C29H32FNO5. The fourth-order valence-electron chi connectivity index (χ4n) is 4.95. The van der Waals surface area contributed by atoms with Crippen LogP contribution in [-0.2, 0) is 16.8 Å². The average Bonchev–Trinajstić information content (AvgIpc) is 2.88. The van der Waals surface area contributed by atoms with Crippen molar-refractivity contribution in [3.05, 3.63) is 89.3 Å². The number of benzene rings is 2. The van der Waals surface area contributed by atoms with Crippen molar-refractivity contribution < 1.29 is 28.9 Å². The predicted octanol–water partition coefficient (Wildman–Crippen LogP) is 4.54. The molecule has 36 heavy (non-hydrogen) atoms. The molecule has 2 aliphatic rings. The molecule has 0 spiro atoms. The number of halogens is 1. The molecule has 190 valence electrons. The summed E-state index contributed by atoms with van der Waals surface area (Å²) in [5.41, 5.74) is 1.90. The van der Waals surface area contributed by atoms with Gasteiger partial charge in [-0.05, 0) is 48.2 Å². The third-order valence-electron chi connectivity index (χ3n) is 7.33. The molecule has 3 N–H and O–H groups in total. The van der Waals surface area contributed by atoms with Crippen LogP contribution in [0.2, 0.25) is 0 Å². The monoisotopic (exact) mass is 493 g/mol. The van der Waals surface area contributed by atoms with Gasteiger partial charge in [0.05, 0.1) is 6.61 Å². The molecule has 2 aromatic rings. The van der Waals surface area contributed by atoms with Crippen molar-refractivity contribution in [2.45, 2.75) is 38.3 Å². The van der Waals surface area contributed by atoms with Crippen molar-refractivity contribution >= 4 is 11.5 Å². The van der Waals surface area contributed by atoms with E-state index in [4.69, 9.17) is 9.47 Å². The van der Waals surface area contributed by atoms with E-state index in [0.717, 1.165) is 22.3 Å². The minimum atomic E-state index is -1.47. The zero-order valence-electron chi connectivity index (χ0n) is 20.8. The highest BCUT2D eigenvalue weighted by Gasteiger charge is 2.41. The molecule has 0 saturated heterocycles. The first-order valence-electron chi connectivity index (χ1n) is 11.9. The van der Waals surface area contributed by atoms with Gasteiger partial charge in [-0.15, -0.1) is 6.58 Å². The van der Waals surface area contributed by atoms with Crippen molar-refractivity contribution in [2.75, 3.05) is 19.8 Å². The number of hydrogen-bond donors (Lipinski definition) is 3. The number of hydrogen-bond acceptors (Lipinski definition) is 5. The first-order valence-corrected chi connectivity index (χ1v) is 11.9. The molecule has 7 heteroatoms. The number of carbonyl (C=O) groups is 1. The smallest absolute Gasteiger partial charge is 0.326 e. The Balaban J connectivity index is 1.80. The number of rotatable bonds is 8. The van der Waals surface area contributed by atoms with Gasteiger partial charge >= 0.3 is 5.97 Å². The Bertz CT molecular complexity index is 1250. The van der Waals surface area contributed by atoms with Crippen molar-refractivity contribution in [1.82, 2.24) is 5.32 Å². The second-order valence-electron chi connectivity index (χ2n) is 9.68. The van der Waals surface area contributed by atoms with E-state index in [1.165, 1.54) is 6.92 Å². The van der Waals surface area contributed by atoms with Gasteiger partial charge in [-0.2, -0.15) is 0 Å². The van der Waals surface area contributed by atoms with Gasteiger partial charge in [-0.3, -0.25) is 10.1 Å². The van der Waals surface area contributed by atoms with E-state index in [0.29, 0.717) is 17.9 Å². The highest BCUT2D eigenvalue weighted by Crippen LogP contribution is 2.50. The lowest BCUT2D eigenvalue weighted by atomic mass is 9.62. The summed E-state index contributed by atoms with van der Waals surface area (Å²) in [7, 11) is 0. The third-order valence-corrected chi connectivity index (χ3v) is 7.33. The van der Waals surface area contributed by atoms with Crippen LogP contribution < -0.4 is 14.8 Å². The van der Waals surface area contributed by atoms with E-state index in [1.54, 1.807) is 12.1 Å². The number of aryl methyl sites for hydroxylation is 1. The summed E-state index contributed by atoms with van der Waals surface area (Å²) in [6, 6.07) is 9.38. The minimum Gasteiger partial charge on any atom is -0.486 e. The average molecular weight is 494 g/mol. The fraction of sp³-hybridized carbons (Fsp3) is 0.345. The second kappa shape index (κ2) is 9.91. The Morgan fingerprint density at radius 3 is 2.75 bits per heavy atom. The Kier molecular flexibility index (Phi) is 7.07. The van der Waals surface area contributed by atoms with Gasteiger partial charge in [0.1, 0.15) is 18.8 Å². The van der Waals surface area contributed by atoms with Crippen LogP contribution in [0.3, 0.4) is 0 Å². The lowest BCUT2D eigenvalue weighted by molar-refractivity contribution is -0.145. The molecule has 0 radical (unpaired) electrons. The maximum atomic E-state index is 15.8. The van der Waals surface area contributed by atoms with Crippen molar-refractivity contribution in [2.24, 2.45) is 5.92 Å². The third kappa shape index (κ3) is 4.33. The first kappa shape index (κ1) is 25.7. The molecular weight excluding hydrogens is 461 g/mol. The van der Waals surface area contributed by atoms with E-state index < -0.39 is 29.3 Å². The van der Waals surface area contributed by atoms with Gasteiger partial charge in [0.15, 0.2) is 17.3 Å². The minimum absolute atomic E-state index is 0.123. The van der Waals surface area contributed by atoms with E-state index in [1.807, 2.05) is 49.4 Å². The van der Waals surface area contributed by atoms with Crippen LogP contribution in [0.15, 0.2) is 61.2 Å². The maximum Gasteiger partial charge on any atom is 0.326 e. The van der Waals surface area contributed by atoms with Crippen LogP contribution in [0.1, 0.15) is 36.1 Å². The van der Waals surface area contributed by atoms with Gasteiger partial charge in [0, 0.05) is 23.4 Å².